The summed E-state index contributed by atoms with van der Waals surface area (Å²) in [5.41, 5.74) is 0.281. The van der Waals surface area contributed by atoms with Crippen molar-refractivity contribution in [1.82, 2.24) is 0 Å². The van der Waals surface area contributed by atoms with Gasteiger partial charge in [0.15, 0.2) is 11.6 Å². The summed E-state index contributed by atoms with van der Waals surface area (Å²) in [6, 6.07) is 11.0. The molecule has 0 fully saturated rings. The molecule has 108 valence electrons. The van der Waals surface area contributed by atoms with Crippen LogP contribution in [0.25, 0.3) is 0 Å². The molecule has 0 saturated heterocycles. The van der Waals surface area contributed by atoms with Gasteiger partial charge in [0.25, 0.3) is 0 Å². The number of halogens is 3. The number of hydrogen-bond acceptors (Lipinski definition) is 2. The average molecular weight is 291 g/mol. The summed E-state index contributed by atoms with van der Waals surface area (Å²) >= 11 is 0. The lowest BCUT2D eigenvalue weighted by Gasteiger charge is -2.12. The maximum absolute atomic E-state index is 13.6. The van der Waals surface area contributed by atoms with Crippen LogP contribution in [0.3, 0.4) is 0 Å². The van der Waals surface area contributed by atoms with Gasteiger partial charge in [-0.3, -0.25) is 0 Å². The molecule has 21 heavy (non-hydrogen) atoms. The molecule has 0 amide bonds. The quantitative estimate of drug-likeness (QED) is 0.828. The zero-order valence-corrected chi connectivity index (χ0v) is 11.0. The van der Waals surface area contributed by atoms with E-state index in [0.717, 1.165) is 6.07 Å². The van der Waals surface area contributed by atoms with Crippen LogP contribution in [-0.4, -0.2) is 6.61 Å². The summed E-state index contributed by atoms with van der Waals surface area (Å²) in [4.78, 5) is 0. The first-order valence-electron chi connectivity index (χ1n) is 6.33. The van der Waals surface area contributed by atoms with Crippen LogP contribution in [0.5, 0.6) is 5.75 Å². The highest BCUT2D eigenvalue weighted by molar-refractivity contribution is 5.27. The molecule has 1 atom stereocenters. The molecule has 2 aromatic rings. The minimum Gasteiger partial charge on any atom is -0.490 e. The van der Waals surface area contributed by atoms with Crippen molar-refractivity contribution >= 4 is 0 Å². The molecule has 0 aliphatic carbocycles. The highest BCUT2D eigenvalue weighted by Crippen LogP contribution is 2.23. The van der Waals surface area contributed by atoms with Gasteiger partial charge in [0, 0.05) is 18.1 Å². The monoisotopic (exact) mass is 291 g/mol. The molecule has 0 aliphatic rings. The second kappa shape index (κ2) is 6.80. The van der Waals surface area contributed by atoms with Crippen LogP contribution in [-0.2, 0) is 0 Å². The smallest absolute Gasteiger partial charge is 0.167 e. The first kappa shape index (κ1) is 14.9. The lowest BCUT2D eigenvalue weighted by Crippen LogP contribution is -2.07. The third kappa shape index (κ3) is 3.76. The Kier molecular flexibility index (Phi) is 4.83. The summed E-state index contributed by atoms with van der Waals surface area (Å²) in [7, 11) is 0. The molecule has 0 N–H and O–H groups in total. The van der Waals surface area contributed by atoms with Crippen LogP contribution in [0, 0.1) is 28.8 Å². The van der Waals surface area contributed by atoms with Gasteiger partial charge in [-0.15, -0.1) is 0 Å². The number of ether oxygens (including phenoxy) is 1. The van der Waals surface area contributed by atoms with Gasteiger partial charge >= 0.3 is 0 Å². The lowest BCUT2D eigenvalue weighted by molar-refractivity contribution is 0.289. The van der Waals surface area contributed by atoms with E-state index in [1.807, 2.05) is 6.07 Å². The van der Waals surface area contributed by atoms with Crippen LogP contribution in [0.15, 0.2) is 42.5 Å². The van der Waals surface area contributed by atoms with E-state index in [2.05, 4.69) is 0 Å². The third-order valence-corrected chi connectivity index (χ3v) is 2.99. The number of benzene rings is 2. The van der Waals surface area contributed by atoms with Crippen molar-refractivity contribution in [2.45, 2.75) is 12.3 Å². The predicted octanol–water partition coefficient (Wildman–Crippen LogP) is 4.18. The zero-order chi connectivity index (χ0) is 15.2. The molecule has 0 spiro atoms. The van der Waals surface area contributed by atoms with Crippen molar-refractivity contribution in [3.05, 3.63) is 65.5 Å². The molecule has 2 nitrogen and oxygen atoms in total. The summed E-state index contributed by atoms with van der Waals surface area (Å²) in [6.07, 6.45) is 0.203. The van der Waals surface area contributed by atoms with Crippen molar-refractivity contribution in [2.24, 2.45) is 0 Å². The van der Waals surface area contributed by atoms with Gasteiger partial charge in [-0.25, -0.2) is 13.2 Å². The van der Waals surface area contributed by atoms with Gasteiger partial charge in [0.05, 0.1) is 18.6 Å². The Labute approximate surface area is 120 Å². The van der Waals surface area contributed by atoms with Crippen LogP contribution in [0.1, 0.15) is 17.9 Å². The zero-order valence-electron chi connectivity index (χ0n) is 11.0. The van der Waals surface area contributed by atoms with Gasteiger partial charge in [-0.05, 0) is 18.2 Å². The van der Waals surface area contributed by atoms with E-state index < -0.39 is 23.4 Å². The molecule has 2 aromatic carbocycles. The van der Waals surface area contributed by atoms with Gasteiger partial charge in [-0.1, -0.05) is 18.2 Å². The molecule has 2 rings (SSSR count). The largest absolute Gasteiger partial charge is 0.490 e. The highest BCUT2D eigenvalue weighted by atomic mass is 19.1. The standard InChI is InChI=1S/C16H12F3NO/c17-12-5-6-16(15(19)9-12)21-8-7-11(10-20)13-3-1-2-4-14(13)18/h1-6,9,11H,7-8H2. The average Bonchev–Trinajstić information content (AvgIpc) is 2.47. The van der Waals surface area contributed by atoms with E-state index in [9.17, 15) is 13.2 Å². The van der Waals surface area contributed by atoms with Crippen LogP contribution in [0.4, 0.5) is 13.2 Å². The number of hydrogen-bond donors (Lipinski definition) is 0. The molecule has 0 bridgehead atoms. The summed E-state index contributed by atoms with van der Waals surface area (Å²) < 4.78 is 44.9. The second-order valence-electron chi connectivity index (χ2n) is 4.42. The fourth-order valence-electron chi connectivity index (χ4n) is 1.93. The number of rotatable bonds is 5. The maximum atomic E-state index is 13.6. The Hall–Kier alpha value is -2.48. The van der Waals surface area contributed by atoms with E-state index in [0.29, 0.717) is 6.07 Å². The van der Waals surface area contributed by atoms with Crippen LogP contribution < -0.4 is 4.74 Å². The topological polar surface area (TPSA) is 33.0 Å². The van der Waals surface area contributed by atoms with Gasteiger partial charge < -0.3 is 4.74 Å². The summed E-state index contributed by atoms with van der Waals surface area (Å²) in [5, 5.41) is 9.10. The summed E-state index contributed by atoms with van der Waals surface area (Å²) in [6.45, 7) is 0.0229. The molecule has 0 aromatic heterocycles. The van der Waals surface area contributed by atoms with Crippen molar-refractivity contribution in [3.8, 4) is 11.8 Å². The van der Waals surface area contributed by atoms with E-state index in [-0.39, 0.29) is 24.3 Å². The molecule has 0 radical (unpaired) electrons. The van der Waals surface area contributed by atoms with E-state index in [1.54, 1.807) is 6.07 Å². The van der Waals surface area contributed by atoms with Gasteiger partial charge in [0.1, 0.15) is 11.6 Å². The summed E-state index contributed by atoms with van der Waals surface area (Å²) in [5.74, 6) is -2.75. The van der Waals surface area contributed by atoms with Crippen LogP contribution >= 0.6 is 0 Å². The highest BCUT2D eigenvalue weighted by Gasteiger charge is 2.15. The molecule has 5 heteroatoms. The fourth-order valence-corrected chi connectivity index (χ4v) is 1.93. The molecular formula is C16H12F3NO. The predicted molar refractivity (Wildman–Crippen MR) is 71.2 cm³/mol. The van der Waals surface area contributed by atoms with Crippen molar-refractivity contribution < 1.29 is 17.9 Å². The minimum atomic E-state index is -0.811. The molecule has 1 unspecified atom stereocenters. The number of nitriles is 1. The number of nitrogens with zero attached hydrogens (tertiary/aromatic N) is 1. The Balaban J connectivity index is 1.99. The lowest BCUT2D eigenvalue weighted by atomic mass is 9.97. The Morgan fingerprint density at radius 3 is 2.48 bits per heavy atom. The Morgan fingerprint density at radius 1 is 1.05 bits per heavy atom. The Bertz CT molecular complexity index is 667. The second-order valence-corrected chi connectivity index (χ2v) is 4.42. The molecule has 0 aliphatic heterocycles. The maximum Gasteiger partial charge on any atom is 0.167 e. The fraction of sp³-hybridized carbons (Fsp3) is 0.188. The van der Waals surface area contributed by atoms with Gasteiger partial charge in [-0.2, -0.15) is 5.26 Å². The SMILES string of the molecule is N#CC(CCOc1ccc(F)cc1F)c1ccccc1F. The first-order valence-corrected chi connectivity index (χ1v) is 6.33. The minimum absolute atomic E-state index is 0.0229. The van der Waals surface area contributed by atoms with Gasteiger partial charge in [0.2, 0.25) is 0 Å². The first-order chi connectivity index (χ1) is 10.1. The van der Waals surface area contributed by atoms with E-state index in [1.165, 1.54) is 24.3 Å². The molecular weight excluding hydrogens is 279 g/mol. The van der Waals surface area contributed by atoms with E-state index in [4.69, 9.17) is 10.00 Å². The van der Waals surface area contributed by atoms with Crippen LogP contribution in [0.2, 0.25) is 0 Å². The Morgan fingerprint density at radius 2 is 1.81 bits per heavy atom. The van der Waals surface area contributed by atoms with E-state index >= 15 is 0 Å². The molecule has 0 heterocycles. The van der Waals surface area contributed by atoms with Crippen molar-refractivity contribution in [3.63, 3.8) is 0 Å². The normalized spacial score (nSPS) is 11.7. The van der Waals surface area contributed by atoms with Crippen molar-refractivity contribution in [2.75, 3.05) is 6.61 Å². The molecule has 0 saturated carbocycles. The third-order valence-electron chi connectivity index (χ3n) is 2.99. The van der Waals surface area contributed by atoms with Crippen molar-refractivity contribution in [1.29, 1.82) is 5.26 Å².